The lowest BCUT2D eigenvalue weighted by Crippen LogP contribution is -2.24. The smallest absolute Gasteiger partial charge is 0.161 e. The van der Waals surface area contributed by atoms with E-state index >= 15 is 0 Å². The Bertz CT molecular complexity index is 502. The lowest BCUT2D eigenvalue weighted by atomic mass is 10.1. The average Bonchev–Trinajstić information content (AvgIpc) is 2.32. The molecule has 1 rings (SSSR count). The summed E-state index contributed by atoms with van der Waals surface area (Å²) in [5.41, 5.74) is 0.631. The van der Waals surface area contributed by atoms with E-state index in [1.807, 2.05) is 6.07 Å². The fourth-order valence-electron chi connectivity index (χ4n) is 1.47. The highest BCUT2D eigenvalue weighted by Crippen LogP contribution is 2.28. The van der Waals surface area contributed by atoms with Gasteiger partial charge in [-0.2, -0.15) is 10.5 Å². The van der Waals surface area contributed by atoms with Crippen molar-refractivity contribution < 1.29 is 4.39 Å². The molecule has 0 amide bonds. The summed E-state index contributed by atoms with van der Waals surface area (Å²) in [5.74, 6) is -0.662. The third kappa shape index (κ3) is 2.95. The summed E-state index contributed by atoms with van der Waals surface area (Å²) < 4.78 is 14.1. The van der Waals surface area contributed by atoms with Crippen molar-refractivity contribution in [2.75, 3.05) is 18.5 Å². The van der Waals surface area contributed by atoms with Gasteiger partial charge in [0.15, 0.2) is 5.82 Å². The van der Waals surface area contributed by atoms with E-state index in [0.717, 1.165) is 0 Å². The van der Waals surface area contributed by atoms with Crippen molar-refractivity contribution in [3.8, 4) is 12.1 Å². The number of hydrogen-bond acceptors (Lipinski definition) is 3. The van der Waals surface area contributed by atoms with Gasteiger partial charge in [-0.3, -0.25) is 0 Å². The summed E-state index contributed by atoms with van der Waals surface area (Å²) in [4.78, 5) is 1.66. The molecule has 0 fully saturated rings. The highest BCUT2D eigenvalue weighted by atomic mass is 79.9. The second kappa shape index (κ2) is 5.65. The second-order valence-electron chi connectivity index (χ2n) is 3.78. The van der Waals surface area contributed by atoms with E-state index in [4.69, 9.17) is 10.5 Å². The predicted molar refractivity (Wildman–Crippen MR) is 66.9 cm³/mol. The van der Waals surface area contributed by atoms with Crippen molar-refractivity contribution in [2.45, 2.75) is 6.92 Å². The van der Waals surface area contributed by atoms with Crippen molar-refractivity contribution >= 4 is 21.6 Å². The molecule has 88 valence electrons. The lowest BCUT2D eigenvalue weighted by molar-refractivity contribution is 0.608. The summed E-state index contributed by atoms with van der Waals surface area (Å²) in [7, 11) is 1.71. The fraction of sp³-hybridized carbons (Fsp3) is 0.333. The van der Waals surface area contributed by atoms with Gasteiger partial charge in [0.05, 0.1) is 27.7 Å². The summed E-state index contributed by atoms with van der Waals surface area (Å²) in [6.45, 7) is 2.21. The Kier molecular flexibility index (Phi) is 4.48. The van der Waals surface area contributed by atoms with Crippen LogP contribution in [0.1, 0.15) is 12.5 Å². The topological polar surface area (TPSA) is 50.8 Å². The molecule has 0 spiro atoms. The number of halogens is 2. The van der Waals surface area contributed by atoms with Gasteiger partial charge in [-0.25, -0.2) is 4.39 Å². The zero-order valence-corrected chi connectivity index (χ0v) is 11.1. The van der Waals surface area contributed by atoms with Crippen LogP contribution in [0.4, 0.5) is 10.1 Å². The number of nitrogens with zero attached hydrogens (tertiary/aromatic N) is 3. The van der Waals surface area contributed by atoms with E-state index in [2.05, 4.69) is 22.0 Å². The van der Waals surface area contributed by atoms with E-state index in [-0.39, 0.29) is 16.0 Å². The van der Waals surface area contributed by atoms with Crippen LogP contribution >= 0.6 is 15.9 Å². The molecule has 0 aliphatic carbocycles. The molecule has 0 saturated heterocycles. The summed E-state index contributed by atoms with van der Waals surface area (Å²) in [5, 5.41) is 17.5. The molecule has 1 atom stereocenters. The average molecular weight is 296 g/mol. The zero-order valence-electron chi connectivity index (χ0n) is 9.54. The van der Waals surface area contributed by atoms with Gasteiger partial charge < -0.3 is 4.90 Å². The van der Waals surface area contributed by atoms with Crippen LogP contribution in [0.15, 0.2) is 16.6 Å². The molecule has 0 aliphatic heterocycles. The van der Waals surface area contributed by atoms with Crippen LogP contribution < -0.4 is 4.90 Å². The fourth-order valence-corrected chi connectivity index (χ4v) is 1.89. The third-order valence-corrected chi connectivity index (χ3v) is 3.14. The standard InChI is InChI=1S/C12H11BrFN3/c1-8(5-15)7-17(2)10-4-3-9(6-16)11(13)12(10)14/h3-4,8H,7H2,1-2H3. The third-order valence-electron chi connectivity index (χ3n) is 2.36. The van der Waals surface area contributed by atoms with Gasteiger partial charge in [0.25, 0.3) is 0 Å². The molecular formula is C12H11BrFN3. The molecule has 0 N–H and O–H groups in total. The van der Waals surface area contributed by atoms with Crippen molar-refractivity contribution in [2.24, 2.45) is 5.92 Å². The van der Waals surface area contributed by atoms with Crippen LogP contribution in [0.5, 0.6) is 0 Å². The summed E-state index contributed by atoms with van der Waals surface area (Å²) in [6, 6.07) is 7.09. The monoisotopic (exact) mass is 295 g/mol. The van der Waals surface area contributed by atoms with Crippen LogP contribution in [-0.2, 0) is 0 Å². The maximum atomic E-state index is 13.9. The molecule has 1 unspecified atom stereocenters. The molecule has 3 nitrogen and oxygen atoms in total. The van der Waals surface area contributed by atoms with Gasteiger partial charge in [-0.1, -0.05) is 0 Å². The minimum absolute atomic E-state index is 0.161. The lowest BCUT2D eigenvalue weighted by Gasteiger charge is -2.21. The first-order valence-electron chi connectivity index (χ1n) is 5.00. The summed E-state index contributed by atoms with van der Waals surface area (Å²) >= 11 is 3.05. The largest absolute Gasteiger partial charge is 0.371 e. The first-order valence-corrected chi connectivity index (χ1v) is 5.79. The molecule has 5 heteroatoms. The number of hydrogen-bond donors (Lipinski definition) is 0. The minimum atomic E-state index is -0.475. The van der Waals surface area contributed by atoms with Gasteiger partial charge >= 0.3 is 0 Å². The highest BCUT2D eigenvalue weighted by Gasteiger charge is 2.15. The number of anilines is 1. The molecule has 0 bridgehead atoms. The van der Waals surface area contributed by atoms with E-state index in [1.54, 1.807) is 31.0 Å². The Morgan fingerprint density at radius 2 is 2.12 bits per heavy atom. The molecule has 0 radical (unpaired) electrons. The first-order chi connectivity index (χ1) is 8.01. The van der Waals surface area contributed by atoms with E-state index in [9.17, 15) is 4.39 Å². The Morgan fingerprint density at radius 1 is 1.47 bits per heavy atom. The van der Waals surface area contributed by atoms with Crippen LogP contribution in [0.2, 0.25) is 0 Å². The Morgan fingerprint density at radius 3 is 2.65 bits per heavy atom. The van der Waals surface area contributed by atoms with Crippen molar-refractivity contribution in [3.63, 3.8) is 0 Å². The normalized spacial score (nSPS) is 11.4. The Labute approximate surface area is 108 Å². The van der Waals surface area contributed by atoms with E-state index < -0.39 is 5.82 Å². The number of nitriles is 2. The van der Waals surface area contributed by atoms with Gasteiger partial charge in [0.1, 0.15) is 6.07 Å². The molecule has 1 aromatic rings. The van der Waals surface area contributed by atoms with Crippen LogP contribution in [-0.4, -0.2) is 13.6 Å². The molecule has 0 heterocycles. The maximum Gasteiger partial charge on any atom is 0.161 e. The molecule has 1 aromatic carbocycles. The minimum Gasteiger partial charge on any atom is -0.371 e. The van der Waals surface area contributed by atoms with Crippen molar-refractivity contribution in [1.29, 1.82) is 10.5 Å². The second-order valence-corrected chi connectivity index (χ2v) is 4.58. The SMILES string of the molecule is CC(C#N)CN(C)c1ccc(C#N)c(Br)c1F. The Hall–Kier alpha value is -1.59. The van der Waals surface area contributed by atoms with Crippen LogP contribution in [0, 0.1) is 34.4 Å². The molecule has 17 heavy (non-hydrogen) atoms. The molecule has 0 saturated carbocycles. The Balaban J connectivity index is 3.05. The first kappa shape index (κ1) is 13.5. The molecule has 0 aliphatic rings. The molecular weight excluding hydrogens is 285 g/mol. The summed E-state index contributed by atoms with van der Waals surface area (Å²) in [6.07, 6.45) is 0. The van der Waals surface area contributed by atoms with Crippen molar-refractivity contribution in [1.82, 2.24) is 0 Å². The number of benzene rings is 1. The van der Waals surface area contributed by atoms with E-state index in [1.165, 1.54) is 0 Å². The number of rotatable bonds is 3. The van der Waals surface area contributed by atoms with Crippen LogP contribution in [0.3, 0.4) is 0 Å². The van der Waals surface area contributed by atoms with Crippen molar-refractivity contribution in [3.05, 3.63) is 28.0 Å². The maximum absolute atomic E-state index is 13.9. The quantitative estimate of drug-likeness (QED) is 0.861. The van der Waals surface area contributed by atoms with Gasteiger partial charge in [0, 0.05) is 13.6 Å². The highest BCUT2D eigenvalue weighted by molar-refractivity contribution is 9.10. The van der Waals surface area contributed by atoms with E-state index in [0.29, 0.717) is 12.2 Å². The molecule has 0 aromatic heterocycles. The zero-order chi connectivity index (χ0) is 13.0. The van der Waals surface area contributed by atoms with Crippen LogP contribution in [0.25, 0.3) is 0 Å². The van der Waals surface area contributed by atoms with Gasteiger partial charge in [0.2, 0.25) is 0 Å². The predicted octanol–water partition coefficient (Wildman–Crippen LogP) is 3.06. The van der Waals surface area contributed by atoms with Gasteiger partial charge in [-0.05, 0) is 35.0 Å². The van der Waals surface area contributed by atoms with Gasteiger partial charge in [-0.15, -0.1) is 0 Å².